The Kier molecular flexibility index (Phi) is 6.27. The van der Waals surface area contributed by atoms with E-state index < -0.39 is 11.7 Å². The van der Waals surface area contributed by atoms with Crippen molar-refractivity contribution in [2.75, 3.05) is 31.6 Å². The minimum absolute atomic E-state index is 0.0253. The van der Waals surface area contributed by atoms with Crippen molar-refractivity contribution in [1.82, 2.24) is 24.9 Å². The minimum atomic E-state index is -4.43. The maximum absolute atomic E-state index is 12.8. The SMILES string of the molecule is Cc1cc(-c2ccn3nc(Nc4ccc(C(F)(F)F)cn4)cc3c2)c(OC[C@@H]2CNCCO2)cn1. The molecule has 182 valence electrons. The maximum Gasteiger partial charge on any atom is 0.417 e. The standard InChI is InChI=1S/C24H23F3N6O2/c1-15-8-20(21(13-29-15)35-14-19-12-28-5-7-34-19)16-4-6-33-18(9-16)10-23(32-33)31-22-3-2-17(11-30-22)24(25,26)27/h2-4,6,8-11,13,19,28H,5,7,12,14H2,1H3,(H,30,31,32)/t19-/m0/s1. The fourth-order valence-corrected chi connectivity index (χ4v) is 3.79. The van der Waals surface area contributed by atoms with Crippen LogP contribution in [0.5, 0.6) is 5.75 Å². The van der Waals surface area contributed by atoms with E-state index in [1.165, 1.54) is 6.07 Å². The Bertz CT molecular complexity index is 1320. The van der Waals surface area contributed by atoms with Crippen molar-refractivity contribution in [3.8, 4) is 16.9 Å². The highest BCUT2D eigenvalue weighted by Crippen LogP contribution is 2.32. The lowest BCUT2D eigenvalue weighted by atomic mass is 10.1. The second-order valence-corrected chi connectivity index (χ2v) is 8.20. The molecule has 2 N–H and O–H groups in total. The fraction of sp³-hybridized carbons (Fsp3) is 0.292. The van der Waals surface area contributed by atoms with Crippen LogP contribution >= 0.6 is 0 Å². The van der Waals surface area contributed by atoms with Gasteiger partial charge in [0.05, 0.1) is 23.9 Å². The molecule has 0 saturated carbocycles. The number of alkyl halides is 3. The summed E-state index contributed by atoms with van der Waals surface area (Å²) in [7, 11) is 0. The summed E-state index contributed by atoms with van der Waals surface area (Å²) in [5, 5.41) is 10.7. The summed E-state index contributed by atoms with van der Waals surface area (Å²) >= 11 is 0. The van der Waals surface area contributed by atoms with Gasteiger partial charge in [0.1, 0.15) is 24.3 Å². The van der Waals surface area contributed by atoms with E-state index in [0.717, 1.165) is 47.7 Å². The van der Waals surface area contributed by atoms with Crippen molar-refractivity contribution in [1.29, 1.82) is 0 Å². The zero-order chi connectivity index (χ0) is 24.4. The lowest BCUT2D eigenvalue weighted by Crippen LogP contribution is -2.41. The number of rotatable bonds is 6. The lowest BCUT2D eigenvalue weighted by Gasteiger charge is -2.24. The van der Waals surface area contributed by atoms with Gasteiger partial charge in [0.2, 0.25) is 0 Å². The van der Waals surface area contributed by atoms with Gasteiger partial charge in [-0.1, -0.05) is 0 Å². The molecule has 1 aliphatic rings. The molecule has 0 aromatic carbocycles. The van der Waals surface area contributed by atoms with Gasteiger partial charge in [-0.05, 0) is 42.8 Å². The summed E-state index contributed by atoms with van der Waals surface area (Å²) in [4.78, 5) is 8.21. The lowest BCUT2D eigenvalue weighted by molar-refractivity contribution is -0.137. The van der Waals surface area contributed by atoms with Crippen LogP contribution in [0.1, 0.15) is 11.3 Å². The highest BCUT2D eigenvalue weighted by Gasteiger charge is 2.30. The Labute approximate surface area is 199 Å². The Balaban J connectivity index is 1.36. The number of aryl methyl sites for hydroxylation is 1. The van der Waals surface area contributed by atoms with E-state index in [1.807, 2.05) is 31.3 Å². The van der Waals surface area contributed by atoms with E-state index in [4.69, 9.17) is 9.47 Å². The third kappa shape index (κ3) is 5.36. The largest absolute Gasteiger partial charge is 0.489 e. The Morgan fingerprint density at radius 1 is 1.14 bits per heavy atom. The van der Waals surface area contributed by atoms with E-state index in [2.05, 4.69) is 25.7 Å². The third-order valence-corrected chi connectivity index (χ3v) is 5.55. The van der Waals surface area contributed by atoms with Crippen LogP contribution in [0.15, 0.2) is 55.0 Å². The summed E-state index contributed by atoms with van der Waals surface area (Å²) in [6.45, 7) is 4.56. The number of ether oxygens (including phenoxy) is 2. The van der Waals surface area contributed by atoms with Crippen molar-refractivity contribution in [2.24, 2.45) is 0 Å². The quantitative estimate of drug-likeness (QED) is 0.424. The van der Waals surface area contributed by atoms with E-state index >= 15 is 0 Å². The summed E-state index contributed by atoms with van der Waals surface area (Å²) in [5.74, 6) is 1.38. The average molecular weight is 484 g/mol. The third-order valence-electron chi connectivity index (χ3n) is 5.55. The van der Waals surface area contributed by atoms with Gasteiger partial charge in [-0.25, -0.2) is 9.50 Å². The minimum Gasteiger partial charge on any atom is -0.489 e. The topological polar surface area (TPSA) is 85.6 Å². The van der Waals surface area contributed by atoms with Crippen LogP contribution in [0, 0.1) is 6.92 Å². The average Bonchev–Trinajstić information content (AvgIpc) is 3.25. The number of halogens is 3. The molecule has 0 aliphatic carbocycles. The van der Waals surface area contributed by atoms with Crippen LogP contribution in [0.25, 0.3) is 16.6 Å². The smallest absolute Gasteiger partial charge is 0.417 e. The molecule has 1 atom stereocenters. The first-order valence-corrected chi connectivity index (χ1v) is 11.1. The summed E-state index contributed by atoms with van der Waals surface area (Å²) in [6, 6.07) is 9.87. The number of nitrogens with one attached hydrogen (secondary N) is 2. The normalized spacial score (nSPS) is 16.4. The molecule has 4 aromatic heterocycles. The second kappa shape index (κ2) is 9.51. The van der Waals surface area contributed by atoms with Gasteiger partial charge in [-0.3, -0.25) is 4.98 Å². The second-order valence-electron chi connectivity index (χ2n) is 8.20. The number of aromatic nitrogens is 4. The molecule has 11 heteroatoms. The maximum atomic E-state index is 12.8. The Hall–Kier alpha value is -3.70. The van der Waals surface area contributed by atoms with E-state index in [1.54, 1.807) is 16.8 Å². The van der Waals surface area contributed by atoms with Gasteiger partial charge in [-0.2, -0.15) is 18.3 Å². The van der Waals surface area contributed by atoms with E-state index in [0.29, 0.717) is 24.8 Å². The van der Waals surface area contributed by atoms with Crippen LogP contribution in [0.2, 0.25) is 0 Å². The molecule has 0 radical (unpaired) electrons. The molecule has 0 amide bonds. The first kappa shape index (κ1) is 23.1. The molecule has 5 heterocycles. The van der Waals surface area contributed by atoms with Crippen LogP contribution in [0.3, 0.4) is 0 Å². The molecule has 4 aromatic rings. The number of pyridine rings is 3. The Morgan fingerprint density at radius 3 is 2.77 bits per heavy atom. The van der Waals surface area contributed by atoms with Crippen molar-refractivity contribution >= 4 is 17.2 Å². The predicted molar refractivity (Wildman–Crippen MR) is 124 cm³/mol. The monoisotopic (exact) mass is 484 g/mol. The molecular formula is C24H23F3N6O2. The number of nitrogens with zero attached hydrogens (tertiary/aromatic N) is 4. The first-order valence-electron chi connectivity index (χ1n) is 11.1. The van der Waals surface area contributed by atoms with Gasteiger partial charge >= 0.3 is 6.18 Å². The molecule has 1 saturated heterocycles. The van der Waals surface area contributed by atoms with Crippen LogP contribution in [0.4, 0.5) is 24.8 Å². The number of anilines is 2. The number of morpholine rings is 1. The molecular weight excluding hydrogens is 461 g/mol. The van der Waals surface area contributed by atoms with Crippen molar-refractivity contribution in [3.05, 3.63) is 66.2 Å². The summed E-state index contributed by atoms with van der Waals surface area (Å²) < 4.78 is 51.7. The fourth-order valence-electron chi connectivity index (χ4n) is 3.79. The van der Waals surface area contributed by atoms with Gasteiger partial charge < -0.3 is 20.1 Å². The van der Waals surface area contributed by atoms with Crippen LogP contribution in [-0.2, 0) is 10.9 Å². The number of hydrogen-bond donors (Lipinski definition) is 2. The molecule has 1 aliphatic heterocycles. The first-order chi connectivity index (χ1) is 16.8. The zero-order valence-electron chi connectivity index (χ0n) is 18.8. The molecule has 1 fully saturated rings. The molecule has 5 rings (SSSR count). The molecule has 0 spiro atoms. The summed E-state index contributed by atoms with van der Waals surface area (Å²) in [5.41, 5.74) is 2.65. The van der Waals surface area contributed by atoms with Gasteiger partial charge in [-0.15, -0.1) is 0 Å². The molecule has 35 heavy (non-hydrogen) atoms. The van der Waals surface area contributed by atoms with Crippen molar-refractivity contribution < 1.29 is 22.6 Å². The number of fused-ring (bicyclic) bond motifs is 1. The van der Waals surface area contributed by atoms with Gasteiger partial charge in [0.25, 0.3) is 0 Å². The highest BCUT2D eigenvalue weighted by molar-refractivity contribution is 5.75. The molecule has 0 bridgehead atoms. The molecule has 0 unspecified atom stereocenters. The highest BCUT2D eigenvalue weighted by atomic mass is 19.4. The van der Waals surface area contributed by atoms with Gasteiger partial charge in [0, 0.05) is 42.8 Å². The summed E-state index contributed by atoms with van der Waals surface area (Å²) in [6.07, 6.45) is -0.145. The Morgan fingerprint density at radius 2 is 2.03 bits per heavy atom. The predicted octanol–water partition coefficient (Wildman–Crippen LogP) is 4.23. The van der Waals surface area contributed by atoms with Crippen molar-refractivity contribution in [3.63, 3.8) is 0 Å². The van der Waals surface area contributed by atoms with Gasteiger partial charge in [0.15, 0.2) is 5.82 Å². The van der Waals surface area contributed by atoms with Crippen LogP contribution in [-0.4, -0.2) is 52.0 Å². The zero-order valence-corrected chi connectivity index (χ0v) is 18.8. The van der Waals surface area contributed by atoms with Crippen LogP contribution < -0.4 is 15.4 Å². The van der Waals surface area contributed by atoms with E-state index in [-0.39, 0.29) is 11.9 Å². The molecule has 8 nitrogen and oxygen atoms in total. The van der Waals surface area contributed by atoms with E-state index in [9.17, 15) is 13.2 Å². The number of hydrogen-bond acceptors (Lipinski definition) is 7. The van der Waals surface area contributed by atoms with Crippen molar-refractivity contribution in [2.45, 2.75) is 19.2 Å².